The van der Waals surface area contributed by atoms with Crippen molar-refractivity contribution in [3.8, 4) is 28.7 Å². The van der Waals surface area contributed by atoms with Crippen molar-refractivity contribution in [3.63, 3.8) is 0 Å². The van der Waals surface area contributed by atoms with Crippen molar-refractivity contribution in [2.75, 3.05) is 50.2 Å². The molecule has 0 saturated carbocycles. The molecule has 2 aliphatic heterocycles. The van der Waals surface area contributed by atoms with Gasteiger partial charge in [0.2, 0.25) is 0 Å². The number of pyridine rings is 1. The van der Waals surface area contributed by atoms with Crippen molar-refractivity contribution in [2.45, 2.75) is 32.0 Å². The lowest BCUT2D eigenvalue weighted by Gasteiger charge is -2.26. The highest BCUT2D eigenvalue weighted by molar-refractivity contribution is 5.91. The number of benzene rings is 3. The number of urea groups is 1. The monoisotopic (exact) mass is 681 g/mol. The Morgan fingerprint density at radius 3 is 2.51 bits per heavy atom. The zero-order valence-corrected chi connectivity index (χ0v) is 26.7. The fraction of sp³-hybridized carbons (Fsp3) is 0.314. The summed E-state index contributed by atoms with van der Waals surface area (Å²) in [6, 6.07) is 14.0. The van der Waals surface area contributed by atoms with Gasteiger partial charge in [0.05, 0.1) is 24.9 Å². The summed E-state index contributed by atoms with van der Waals surface area (Å²) in [5.41, 5.74) is 0.840. The number of methoxy groups -OCH3 is 1. The number of rotatable bonds is 11. The molecule has 49 heavy (non-hydrogen) atoms. The average molecular weight is 682 g/mol. The van der Waals surface area contributed by atoms with E-state index >= 15 is 4.39 Å². The Morgan fingerprint density at radius 1 is 0.918 bits per heavy atom. The van der Waals surface area contributed by atoms with Crippen LogP contribution in [0.15, 0.2) is 79.3 Å². The van der Waals surface area contributed by atoms with Gasteiger partial charge in [-0.3, -0.25) is 9.88 Å². The van der Waals surface area contributed by atoms with Crippen LogP contribution in [0.3, 0.4) is 0 Å². The molecule has 2 amide bonds. The van der Waals surface area contributed by atoms with Crippen molar-refractivity contribution in [2.24, 2.45) is 0 Å². The minimum absolute atomic E-state index is 0.0870. The number of ether oxygens (including phenoxy) is 4. The molecule has 6 rings (SSSR count). The van der Waals surface area contributed by atoms with Gasteiger partial charge in [0, 0.05) is 48.3 Å². The fourth-order valence-electron chi connectivity index (χ4n) is 5.73. The number of amides is 2. The molecule has 0 spiro atoms. The molecule has 0 radical (unpaired) electrons. The number of alkyl halides is 3. The van der Waals surface area contributed by atoms with Gasteiger partial charge < -0.3 is 34.1 Å². The zero-order valence-electron chi connectivity index (χ0n) is 26.7. The first kappa shape index (κ1) is 33.7. The molecule has 14 heteroatoms. The fourth-order valence-corrected chi connectivity index (χ4v) is 5.73. The number of halogens is 4. The van der Waals surface area contributed by atoms with E-state index in [1.54, 1.807) is 37.6 Å². The average Bonchev–Trinajstić information content (AvgIpc) is 3.58. The number of nitrogens with one attached hydrogen (secondary N) is 1. The van der Waals surface area contributed by atoms with E-state index in [0.717, 1.165) is 32.1 Å². The van der Waals surface area contributed by atoms with Crippen molar-refractivity contribution < 1.29 is 41.3 Å². The van der Waals surface area contributed by atoms with Crippen LogP contribution < -0.4 is 29.2 Å². The molecular formula is C35H35F4N5O5. The summed E-state index contributed by atoms with van der Waals surface area (Å²) in [5.74, 6) is 0.156. The number of para-hydroxylation sites is 2. The standard InChI is InChI=1S/C35H35F4N5O5/c1-46-32-21-25-27(22-33(32)47-19-7-16-42-14-5-2-6-15-42)40-13-12-29(25)48-30-11-10-24(20-26(30)36)41-34(45)44-18-17-43(23-44)28-8-3-4-9-31(28)49-35(37,38)39/h3-4,8-13,17-18,20-22H,2,5-7,14-16,19,23H2,1H3,(H,41,45). The molecule has 1 N–H and O–H groups in total. The van der Waals surface area contributed by atoms with Crippen molar-refractivity contribution in [1.82, 2.24) is 14.8 Å². The number of hydrogen-bond donors (Lipinski definition) is 1. The van der Waals surface area contributed by atoms with Gasteiger partial charge >= 0.3 is 12.4 Å². The number of hydrogen-bond acceptors (Lipinski definition) is 8. The smallest absolute Gasteiger partial charge is 0.493 e. The Kier molecular flexibility index (Phi) is 10.2. The molecule has 258 valence electrons. The molecule has 2 aliphatic rings. The second kappa shape index (κ2) is 14.9. The number of anilines is 2. The van der Waals surface area contributed by atoms with E-state index in [0.29, 0.717) is 34.8 Å². The van der Waals surface area contributed by atoms with E-state index in [-0.39, 0.29) is 23.8 Å². The lowest BCUT2D eigenvalue weighted by molar-refractivity contribution is -0.274. The van der Waals surface area contributed by atoms with Gasteiger partial charge in [-0.1, -0.05) is 18.6 Å². The number of carbonyl (C=O) groups excluding carboxylic acids is 1. The van der Waals surface area contributed by atoms with Crippen LogP contribution >= 0.6 is 0 Å². The van der Waals surface area contributed by atoms with Gasteiger partial charge in [-0.2, -0.15) is 0 Å². The van der Waals surface area contributed by atoms with Gasteiger partial charge in [-0.05, 0) is 68.8 Å². The quantitative estimate of drug-likeness (QED) is 0.126. The van der Waals surface area contributed by atoms with Crippen LogP contribution in [0, 0.1) is 5.82 Å². The van der Waals surface area contributed by atoms with Crippen molar-refractivity contribution >= 4 is 28.3 Å². The predicted octanol–water partition coefficient (Wildman–Crippen LogP) is 8.11. The molecular weight excluding hydrogens is 646 g/mol. The molecule has 1 saturated heterocycles. The maximum atomic E-state index is 15.3. The largest absolute Gasteiger partial charge is 0.573 e. The Morgan fingerprint density at radius 2 is 1.73 bits per heavy atom. The van der Waals surface area contributed by atoms with E-state index in [9.17, 15) is 18.0 Å². The lowest BCUT2D eigenvalue weighted by atomic mass is 10.1. The van der Waals surface area contributed by atoms with Crippen LogP contribution in [0.1, 0.15) is 25.7 Å². The first-order valence-corrected chi connectivity index (χ1v) is 15.8. The highest BCUT2D eigenvalue weighted by Gasteiger charge is 2.33. The molecule has 0 bridgehead atoms. The Hall–Kier alpha value is -5.24. The Balaban J connectivity index is 1.08. The van der Waals surface area contributed by atoms with Gasteiger partial charge in [-0.15, -0.1) is 13.2 Å². The molecule has 3 aromatic carbocycles. The molecule has 0 aliphatic carbocycles. The van der Waals surface area contributed by atoms with Crippen LogP contribution in [0.4, 0.5) is 33.7 Å². The summed E-state index contributed by atoms with van der Waals surface area (Å²) < 4.78 is 75.5. The predicted molar refractivity (Wildman–Crippen MR) is 176 cm³/mol. The molecule has 4 aromatic rings. The highest BCUT2D eigenvalue weighted by Crippen LogP contribution is 2.38. The maximum Gasteiger partial charge on any atom is 0.573 e. The summed E-state index contributed by atoms with van der Waals surface area (Å²) in [5, 5.41) is 3.18. The SMILES string of the molecule is COc1cc2c(Oc3ccc(NC(=O)N4C=CN(c5ccccc5OC(F)(F)F)C4)cc3F)ccnc2cc1OCCCN1CCCCC1. The summed E-state index contributed by atoms with van der Waals surface area (Å²) in [4.78, 5) is 22.4. The second-order valence-corrected chi connectivity index (χ2v) is 11.5. The number of aromatic nitrogens is 1. The molecule has 10 nitrogen and oxygen atoms in total. The van der Waals surface area contributed by atoms with Crippen LogP contribution in [0.2, 0.25) is 0 Å². The van der Waals surface area contributed by atoms with E-state index < -0.39 is 24.0 Å². The number of fused-ring (bicyclic) bond motifs is 1. The second-order valence-electron chi connectivity index (χ2n) is 11.5. The van der Waals surface area contributed by atoms with E-state index in [2.05, 4.69) is 19.9 Å². The topological polar surface area (TPSA) is 88.6 Å². The third kappa shape index (κ3) is 8.44. The Labute approximate surface area is 280 Å². The molecule has 3 heterocycles. The first-order valence-electron chi connectivity index (χ1n) is 15.8. The normalized spacial score (nSPS) is 15.0. The van der Waals surface area contributed by atoms with Crippen LogP contribution in [-0.4, -0.2) is 67.2 Å². The van der Waals surface area contributed by atoms with Gasteiger partial charge in [0.25, 0.3) is 0 Å². The molecule has 1 fully saturated rings. The van der Waals surface area contributed by atoms with Crippen LogP contribution in [0.25, 0.3) is 10.9 Å². The zero-order chi connectivity index (χ0) is 34.4. The van der Waals surface area contributed by atoms with Crippen molar-refractivity contribution in [1.29, 1.82) is 0 Å². The highest BCUT2D eigenvalue weighted by atomic mass is 19.4. The van der Waals surface area contributed by atoms with E-state index in [1.165, 1.54) is 71.8 Å². The summed E-state index contributed by atoms with van der Waals surface area (Å²) in [6.07, 6.45) is 4.17. The van der Waals surface area contributed by atoms with Gasteiger partial charge in [0.1, 0.15) is 12.4 Å². The first-order chi connectivity index (χ1) is 23.7. The number of piperidine rings is 1. The number of carbonyl (C=O) groups is 1. The maximum absolute atomic E-state index is 15.3. The third-order valence-electron chi connectivity index (χ3n) is 8.11. The molecule has 0 atom stereocenters. The molecule has 0 unspecified atom stereocenters. The number of nitrogens with zero attached hydrogens (tertiary/aromatic N) is 4. The van der Waals surface area contributed by atoms with Crippen LogP contribution in [-0.2, 0) is 0 Å². The van der Waals surface area contributed by atoms with Crippen molar-refractivity contribution in [3.05, 3.63) is 85.1 Å². The van der Waals surface area contributed by atoms with E-state index in [4.69, 9.17) is 14.2 Å². The number of likely N-dealkylation sites (tertiary alicyclic amines) is 1. The molecule has 1 aromatic heterocycles. The van der Waals surface area contributed by atoms with Gasteiger partial charge in [0.15, 0.2) is 28.8 Å². The summed E-state index contributed by atoms with van der Waals surface area (Å²) in [6.45, 7) is 3.67. The minimum atomic E-state index is -4.88. The summed E-state index contributed by atoms with van der Waals surface area (Å²) in [7, 11) is 1.54. The minimum Gasteiger partial charge on any atom is -0.493 e. The third-order valence-corrected chi connectivity index (χ3v) is 8.11. The van der Waals surface area contributed by atoms with E-state index in [1.807, 2.05) is 0 Å². The van der Waals surface area contributed by atoms with Gasteiger partial charge in [-0.25, -0.2) is 9.18 Å². The summed E-state index contributed by atoms with van der Waals surface area (Å²) >= 11 is 0. The lowest BCUT2D eigenvalue weighted by Crippen LogP contribution is -2.34. The van der Waals surface area contributed by atoms with Crippen LogP contribution in [0.5, 0.6) is 28.7 Å². The Bertz CT molecular complexity index is 1820.